The van der Waals surface area contributed by atoms with Crippen molar-refractivity contribution in [3.05, 3.63) is 42.9 Å². The summed E-state index contributed by atoms with van der Waals surface area (Å²) < 4.78 is 0. The van der Waals surface area contributed by atoms with Gasteiger partial charge in [-0.2, -0.15) is 0 Å². The van der Waals surface area contributed by atoms with Crippen LogP contribution >= 0.6 is 0 Å². The molecule has 0 amide bonds. The quantitative estimate of drug-likeness (QED) is 0.431. The van der Waals surface area contributed by atoms with Crippen molar-refractivity contribution in [3.8, 4) is 0 Å². The molecule has 0 aliphatic carbocycles. The predicted octanol–water partition coefficient (Wildman–Crippen LogP) is -3.19. The maximum Gasteiger partial charge on any atom is 2.00 e. The first-order chi connectivity index (χ1) is 5.00. The molecule has 0 nitrogen and oxygen atoms in total. The van der Waals surface area contributed by atoms with Gasteiger partial charge < -0.3 is 24.8 Å². The summed E-state index contributed by atoms with van der Waals surface area (Å²) in [6.45, 7) is 10.6. The van der Waals surface area contributed by atoms with Gasteiger partial charge in [-0.25, -0.2) is 0 Å². The van der Waals surface area contributed by atoms with Crippen molar-refractivity contribution in [1.29, 1.82) is 0 Å². The second-order valence-corrected chi connectivity index (χ2v) is 8.76. The predicted molar refractivity (Wildman–Crippen MR) is 59.7 cm³/mol. The summed E-state index contributed by atoms with van der Waals surface area (Å²) in [5, 5.41) is 0. The molecule has 0 saturated carbocycles. The number of hydrogen-bond donors (Lipinski definition) is 0. The molecule has 0 aromatic heterocycles. The van der Waals surface area contributed by atoms with Crippen molar-refractivity contribution in [2.24, 2.45) is 0 Å². The first-order valence-corrected chi connectivity index (χ1v) is 7.47. The van der Waals surface area contributed by atoms with Gasteiger partial charge in [0.2, 0.25) is 0 Å². The van der Waals surface area contributed by atoms with Crippen LogP contribution in [0.2, 0.25) is 19.6 Å². The van der Waals surface area contributed by atoms with E-state index in [1.807, 2.05) is 30.3 Å². The third-order valence-corrected chi connectivity index (χ3v) is 0.607. The van der Waals surface area contributed by atoms with Crippen LogP contribution in [0.1, 0.15) is 0 Å². The van der Waals surface area contributed by atoms with E-state index in [1.54, 1.807) is 0 Å². The molecule has 78 valence electrons. The van der Waals surface area contributed by atoms with Crippen LogP contribution in [-0.2, 0) is 0 Å². The van der Waals surface area contributed by atoms with E-state index in [9.17, 15) is 0 Å². The summed E-state index contributed by atoms with van der Waals surface area (Å²) in [6.07, 6.45) is 0. The zero-order chi connectivity index (χ0) is 8.74. The van der Waals surface area contributed by atoms with E-state index >= 15 is 0 Å². The summed E-state index contributed by atoms with van der Waals surface area (Å²) in [7, 11) is -0.861. The molecule has 0 unspecified atom stereocenters. The van der Waals surface area contributed by atoms with Crippen LogP contribution in [0.25, 0.3) is 0 Å². The average molecular weight is 354 g/mol. The van der Waals surface area contributed by atoms with Crippen molar-refractivity contribution in [1.82, 2.24) is 0 Å². The monoisotopic (exact) mass is 354 g/mol. The fraction of sp³-hybridized carbons (Fsp3) is 0.300. The van der Waals surface area contributed by atoms with Gasteiger partial charge in [0.15, 0.2) is 0 Å². The van der Waals surface area contributed by atoms with Gasteiger partial charge in [-0.1, -0.05) is 56.5 Å². The molecule has 0 aliphatic heterocycles. The van der Waals surface area contributed by atoms with Crippen molar-refractivity contribution >= 4 is 32.0 Å². The molecule has 0 N–H and O–H groups in total. The van der Waals surface area contributed by atoms with Gasteiger partial charge in [0.25, 0.3) is 0 Å². The molecule has 1 rings (SSSR count). The van der Waals surface area contributed by atoms with Crippen LogP contribution in [0, 0.1) is 12.6 Å². The fourth-order valence-corrected chi connectivity index (χ4v) is 0.342. The Morgan fingerprint density at radius 3 is 1.29 bits per heavy atom. The Hall–Kier alpha value is 0.816. The van der Waals surface area contributed by atoms with Crippen LogP contribution < -0.4 is 24.8 Å². The van der Waals surface area contributed by atoms with Crippen molar-refractivity contribution in [3.63, 3.8) is 0 Å². The Kier molecular flexibility index (Phi) is 23.9. The van der Waals surface area contributed by atoms with E-state index in [4.69, 9.17) is 0 Å². The molecular formula is C10H16Cl2SiSn. The number of benzene rings is 1. The van der Waals surface area contributed by atoms with Crippen molar-refractivity contribution in [2.75, 3.05) is 0 Å². The van der Waals surface area contributed by atoms with Crippen LogP contribution in [0.4, 0.5) is 0 Å². The molecule has 4 heteroatoms. The summed E-state index contributed by atoms with van der Waals surface area (Å²) in [5.74, 6) is 0. The number of halogens is 2. The van der Waals surface area contributed by atoms with Gasteiger partial charge >= 0.3 is 23.9 Å². The Labute approximate surface area is 119 Å². The number of rotatable bonds is 0. The normalized spacial score (nSPS) is 7.71. The van der Waals surface area contributed by atoms with E-state index in [2.05, 4.69) is 32.3 Å². The standard InChI is InChI=1S/C6H5.C4H11Si.2ClH.Sn/c1-2-4-6-5-3-1;1-5(2,3)4;;;/h1-5H;1H2,2-4H3;2*1H;/q;;;;+2/p-2. The first-order valence-electron chi connectivity index (χ1n) is 3.76. The molecule has 0 aliphatic rings. The number of hydrogen-bond acceptors (Lipinski definition) is 0. The Morgan fingerprint density at radius 1 is 0.929 bits per heavy atom. The SMILES string of the molecule is [CH2][Si](C)(C)C.[Cl-].[Cl-].[Sn+2].[c]1ccccc1. The van der Waals surface area contributed by atoms with Crippen LogP contribution in [0.3, 0.4) is 0 Å². The van der Waals surface area contributed by atoms with Gasteiger partial charge in [0.05, 0.1) is 0 Å². The van der Waals surface area contributed by atoms with Crippen LogP contribution in [0.15, 0.2) is 30.3 Å². The zero-order valence-electron chi connectivity index (χ0n) is 8.85. The van der Waals surface area contributed by atoms with E-state index < -0.39 is 8.07 Å². The molecule has 14 heavy (non-hydrogen) atoms. The van der Waals surface area contributed by atoms with Gasteiger partial charge in [-0.3, -0.25) is 0 Å². The van der Waals surface area contributed by atoms with E-state index in [0.717, 1.165) is 0 Å². The van der Waals surface area contributed by atoms with Crippen molar-refractivity contribution < 1.29 is 24.8 Å². The first kappa shape index (κ1) is 24.2. The van der Waals surface area contributed by atoms with Crippen LogP contribution in [0.5, 0.6) is 0 Å². The topological polar surface area (TPSA) is 0 Å². The third kappa shape index (κ3) is 38.5. The molecule has 0 bridgehead atoms. The second-order valence-electron chi connectivity index (χ2n) is 3.64. The Bertz CT molecular complexity index is 143. The molecular weight excluding hydrogens is 338 g/mol. The van der Waals surface area contributed by atoms with E-state index in [0.29, 0.717) is 0 Å². The molecule has 0 saturated heterocycles. The van der Waals surface area contributed by atoms with Crippen molar-refractivity contribution in [2.45, 2.75) is 19.6 Å². The maximum absolute atomic E-state index is 3.91. The summed E-state index contributed by atoms with van der Waals surface area (Å²) in [6, 6.07) is 12.5. The largest absolute Gasteiger partial charge is 2.00 e. The molecule has 1 aromatic rings. The minimum atomic E-state index is -0.861. The van der Waals surface area contributed by atoms with Gasteiger partial charge in [0, 0.05) is 8.07 Å². The maximum atomic E-state index is 3.91. The van der Waals surface area contributed by atoms with E-state index in [-0.39, 0.29) is 48.7 Å². The van der Waals surface area contributed by atoms with Gasteiger partial charge in [-0.15, -0.1) is 0 Å². The summed E-state index contributed by atoms with van der Waals surface area (Å²) in [4.78, 5) is 0. The van der Waals surface area contributed by atoms with E-state index in [1.165, 1.54) is 0 Å². The molecule has 0 heterocycles. The second kappa shape index (κ2) is 13.8. The molecule has 0 spiro atoms. The van der Waals surface area contributed by atoms with Gasteiger partial charge in [-0.05, 0) is 6.07 Å². The molecule has 4 radical (unpaired) electrons. The van der Waals surface area contributed by atoms with Gasteiger partial charge in [0.1, 0.15) is 0 Å². The minimum absolute atomic E-state index is 0. The zero-order valence-corrected chi connectivity index (χ0v) is 14.2. The smallest absolute Gasteiger partial charge is 1.00 e. The Balaban J connectivity index is -0.0000000597. The third-order valence-electron chi connectivity index (χ3n) is 0.607. The molecule has 0 atom stereocenters. The summed E-state index contributed by atoms with van der Waals surface area (Å²) >= 11 is 0. The molecule has 0 fully saturated rings. The molecule has 1 aromatic carbocycles. The van der Waals surface area contributed by atoms with Crippen LogP contribution in [-0.4, -0.2) is 32.0 Å². The Morgan fingerprint density at radius 2 is 1.21 bits per heavy atom. The average Bonchev–Trinajstić information content (AvgIpc) is 1.88. The fourth-order valence-electron chi connectivity index (χ4n) is 0.342. The minimum Gasteiger partial charge on any atom is -1.00 e. The summed E-state index contributed by atoms with van der Waals surface area (Å²) in [5.41, 5.74) is 0.